The van der Waals surface area contributed by atoms with Crippen LogP contribution >= 0.6 is 0 Å². The predicted octanol–water partition coefficient (Wildman–Crippen LogP) is 2.02. The predicted molar refractivity (Wildman–Crippen MR) is 84.4 cm³/mol. The Kier molecular flexibility index (Phi) is 3.92. The van der Waals surface area contributed by atoms with Crippen molar-refractivity contribution in [1.82, 2.24) is 19.9 Å². The van der Waals surface area contributed by atoms with Gasteiger partial charge in [0.15, 0.2) is 0 Å². The van der Waals surface area contributed by atoms with Crippen molar-refractivity contribution in [2.24, 2.45) is 0 Å². The molecule has 21 heavy (non-hydrogen) atoms. The van der Waals surface area contributed by atoms with Gasteiger partial charge in [-0.25, -0.2) is 9.97 Å². The van der Waals surface area contributed by atoms with E-state index in [0.717, 1.165) is 50.1 Å². The van der Waals surface area contributed by atoms with E-state index in [0.29, 0.717) is 0 Å². The van der Waals surface area contributed by atoms with Gasteiger partial charge in [-0.05, 0) is 32.0 Å². The number of nitrogens with zero attached hydrogens (tertiary/aromatic N) is 4. The van der Waals surface area contributed by atoms with Gasteiger partial charge in [-0.15, -0.1) is 0 Å². The summed E-state index contributed by atoms with van der Waals surface area (Å²) in [4.78, 5) is 11.6. The van der Waals surface area contributed by atoms with Crippen molar-refractivity contribution in [2.75, 3.05) is 18.0 Å². The summed E-state index contributed by atoms with van der Waals surface area (Å²) in [5.74, 6) is 2.24. The van der Waals surface area contributed by atoms with Crippen molar-refractivity contribution in [2.45, 2.75) is 40.4 Å². The van der Waals surface area contributed by atoms with E-state index >= 15 is 0 Å². The summed E-state index contributed by atoms with van der Waals surface area (Å²) in [6.07, 6.45) is 3.94. The second-order valence-electron chi connectivity index (χ2n) is 5.62. The molecule has 0 unspecified atom stereocenters. The van der Waals surface area contributed by atoms with Gasteiger partial charge in [0.1, 0.15) is 11.6 Å². The van der Waals surface area contributed by atoms with E-state index in [1.54, 1.807) is 0 Å². The number of pyridine rings is 1. The third-order valence-electron chi connectivity index (χ3n) is 4.05. The Balaban J connectivity index is 1.94. The van der Waals surface area contributed by atoms with Crippen LogP contribution in [0.4, 0.5) is 5.82 Å². The lowest BCUT2D eigenvalue weighted by Gasteiger charge is -2.31. The van der Waals surface area contributed by atoms with Crippen LogP contribution in [0.15, 0.2) is 18.5 Å². The van der Waals surface area contributed by atoms with Crippen molar-refractivity contribution >= 4 is 5.82 Å². The minimum atomic E-state index is 0.835. The lowest BCUT2D eigenvalue weighted by Crippen LogP contribution is -2.35. The van der Waals surface area contributed by atoms with E-state index in [-0.39, 0.29) is 0 Å². The van der Waals surface area contributed by atoms with Crippen molar-refractivity contribution < 1.29 is 0 Å². The SMILES string of the molecule is CCNCc1c(C)cc(C)nc1N1CCn2ccnc2C1. The lowest BCUT2D eigenvalue weighted by atomic mass is 10.1. The Morgan fingerprint density at radius 3 is 2.95 bits per heavy atom. The molecule has 5 nitrogen and oxygen atoms in total. The van der Waals surface area contributed by atoms with Crippen molar-refractivity contribution in [3.05, 3.63) is 41.1 Å². The molecule has 2 aromatic heterocycles. The minimum absolute atomic E-state index is 0.835. The first-order chi connectivity index (χ1) is 10.2. The van der Waals surface area contributed by atoms with Crippen LogP contribution in [0.1, 0.15) is 29.6 Å². The van der Waals surface area contributed by atoms with E-state index in [4.69, 9.17) is 4.98 Å². The standard InChI is InChI=1S/C16H23N5/c1-4-17-10-14-12(2)9-13(3)19-16(14)21-8-7-20-6-5-18-15(20)11-21/h5-6,9,17H,4,7-8,10-11H2,1-3H3. The molecule has 0 spiro atoms. The lowest BCUT2D eigenvalue weighted by molar-refractivity contribution is 0.552. The maximum Gasteiger partial charge on any atom is 0.134 e. The van der Waals surface area contributed by atoms with E-state index in [9.17, 15) is 0 Å². The number of hydrogen-bond acceptors (Lipinski definition) is 4. The Bertz CT molecular complexity index is 632. The van der Waals surface area contributed by atoms with Crippen molar-refractivity contribution in [1.29, 1.82) is 0 Å². The molecule has 3 rings (SSSR count). The third-order valence-corrected chi connectivity index (χ3v) is 4.05. The molecule has 0 bridgehead atoms. The second-order valence-corrected chi connectivity index (χ2v) is 5.62. The van der Waals surface area contributed by atoms with Crippen LogP contribution in [0.2, 0.25) is 0 Å². The van der Waals surface area contributed by atoms with Gasteiger partial charge in [-0.2, -0.15) is 0 Å². The Hall–Kier alpha value is -1.88. The van der Waals surface area contributed by atoms with Crippen LogP contribution in [0.25, 0.3) is 0 Å². The molecule has 112 valence electrons. The number of hydrogen-bond donors (Lipinski definition) is 1. The first-order valence-electron chi connectivity index (χ1n) is 7.62. The van der Waals surface area contributed by atoms with E-state index in [2.05, 4.69) is 52.8 Å². The number of rotatable bonds is 4. The molecule has 0 aliphatic carbocycles. The number of anilines is 1. The molecule has 2 aromatic rings. The Labute approximate surface area is 126 Å². The van der Waals surface area contributed by atoms with Crippen LogP contribution in [0.3, 0.4) is 0 Å². The van der Waals surface area contributed by atoms with Gasteiger partial charge in [-0.3, -0.25) is 0 Å². The molecular weight excluding hydrogens is 262 g/mol. The summed E-state index contributed by atoms with van der Waals surface area (Å²) in [5, 5.41) is 3.43. The van der Waals surface area contributed by atoms with Crippen LogP contribution in [-0.4, -0.2) is 27.6 Å². The van der Waals surface area contributed by atoms with E-state index in [1.165, 1.54) is 11.1 Å². The molecule has 0 radical (unpaired) electrons. The highest BCUT2D eigenvalue weighted by Crippen LogP contribution is 2.25. The van der Waals surface area contributed by atoms with Crippen molar-refractivity contribution in [3.63, 3.8) is 0 Å². The molecule has 5 heteroatoms. The Morgan fingerprint density at radius 1 is 1.29 bits per heavy atom. The minimum Gasteiger partial charge on any atom is -0.347 e. The fraction of sp³-hybridized carbons (Fsp3) is 0.500. The van der Waals surface area contributed by atoms with Gasteiger partial charge in [0.05, 0.1) is 6.54 Å². The van der Waals surface area contributed by atoms with Gasteiger partial charge in [-0.1, -0.05) is 6.92 Å². The van der Waals surface area contributed by atoms with Crippen LogP contribution in [0, 0.1) is 13.8 Å². The summed E-state index contributed by atoms with van der Waals surface area (Å²) >= 11 is 0. The summed E-state index contributed by atoms with van der Waals surface area (Å²) in [7, 11) is 0. The molecule has 1 aliphatic rings. The second kappa shape index (κ2) is 5.85. The molecule has 0 fully saturated rings. The zero-order valence-electron chi connectivity index (χ0n) is 13.1. The van der Waals surface area contributed by atoms with Crippen LogP contribution in [-0.2, 0) is 19.6 Å². The molecule has 3 heterocycles. The topological polar surface area (TPSA) is 46.0 Å². The van der Waals surface area contributed by atoms with Crippen LogP contribution < -0.4 is 10.2 Å². The van der Waals surface area contributed by atoms with Gasteiger partial charge in [0.2, 0.25) is 0 Å². The largest absolute Gasteiger partial charge is 0.347 e. The van der Waals surface area contributed by atoms with Gasteiger partial charge < -0.3 is 14.8 Å². The van der Waals surface area contributed by atoms with E-state index in [1.807, 2.05) is 6.20 Å². The molecular formula is C16H23N5. The average Bonchev–Trinajstić information content (AvgIpc) is 2.93. The van der Waals surface area contributed by atoms with Crippen LogP contribution in [0.5, 0.6) is 0 Å². The fourth-order valence-corrected chi connectivity index (χ4v) is 2.93. The van der Waals surface area contributed by atoms with Gasteiger partial charge >= 0.3 is 0 Å². The maximum atomic E-state index is 4.82. The zero-order valence-corrected chi connectivity index (χ0v) is 13.1. The molecule has 0 amide bonds. The van der Waals surface area contributed by atoms with Gasteiger partial charge in [0, 0.05) is 43.3 Å². The summed E-state index contributed by atoms with van der Waals surface area (Å²) < 4.78 is 2.23. The molecule has 0 atom stereocenters. The number of nitrogens with one attached hydrogen (secondary N) is 1. The number of imidazole rings is 1. The molecule has 1 N–H and O–H groups in total. The highest BCUT2D eigenvalue weighted by atomic mass is 15.3. The average molecular weight is 285 g/mol. The first-order valence-corrected chi connectivity index (χ1v) is 7.62. The fourth-order valence-electron chi connectivity index (χ4n) is 2.93. The number of aryl methyl sites for hydroxylation is 2. The highest BCUT2D eigenvalue weighted by molar-refractivity contribution is 5.52. The summed E-state index contributed by atoms with van der Waals surface area (Å²) in [6.45, 7) is 11.0. The normalized spacial score (nSPS) is 14.3. The summed E-state index contributed by atoms with van der Waals surface area (Å²) in [6, 6.07) is 2.17. The van der Waals surface area contributed by atoms with Gasteiger partial charge in [0.25, 0.3) is 0 Å². The van der Waals surface area contributed by atoms with Crippen molar-refractivity contribution in [3.8, 4) is 0 Å². The monoisotopic (exact) mass is 285 g/mol. The molecule has 0 aromatic carbocycles. The quantitative estimate of drug-likeness (QED) is 0.933. The molecule has 0 saturated carbocycles. The molecule has 0 saturated heterocycles. The number of fused-ring (bicyclic) bond motifs is 1. The highest BCUT2D eigenvalue weighted by Gasteiger charge is 2.21. The third kappa shape index (κ3) is 2.78. The molecule has 1 aliphatic heterocycles. The first kappa shape index (κ1) is 14.1. The zero-order chi connectivity index (χ0) is 14.8. The Morgan fingerprint density at radius 2 is 2.14 bits per heavy atom. The number of aromatic nitrogens is 3. The smallest absolute Gasteiger partial charge is 0.134 e. The maximum absolute atomic E-state index is 4.82. The summed E-state index contributed by atoms with van der Waals surface area (Å²) in [5.41, 5.74) is 3.70. The van der Waals surface area contributed by atoms with E-state index < -0.39 is 0 Å².